The minimum atomic E-state index is -5.07. The van der Waals surface area contributed by atoms with E-state index in [0.29, 0.717) is 36.5 Å². The Morgan fingerprint density at radius 3 is 1.83 bits per heavy atom. The highest BCUT2D eigenvalue weighted by atomic mass is 19.4. The van der Waals surface area contributed by atoms with Gasteiger partial charge in [-0.25, -0.2) is 0 Å². The lowest BCUT2D eigenvalue weighted by atomic mass is 10.0. The first-order valence-corrected chi connectivity index (χ1v) is 11.7. The van der Waals surface area contributed by atoms with Gasteiger partial charge in [0.15, 0.2) is 0 Å². The fourth-order valence-electron chi connectivity index (χ4n) is 4.58. The maximum Gasteiger partial charge on any atom is 0.416 e. The van der Waals surface area contributed by atoms with Crippen molar-refractivity contribution < 1.29 is 35.9 Å². The maximum atomic E-state index is 13.3. The third-order valence-electron chi connectivity index (χ3n) is 6.42. The Morgan fingerprint density at radius 2 is 1.28 bits per heavy atom. The fourth-order valence-corrected chi connectivity index (χ4v) is 4.58. The molecule has 0 unspecified atom stereocenters. The predicted octanol–water partition coefficient (Wildman–Crippen LogP) is 6.20. The molecule has 2 heterocycles. The minimum absolute atomic E-state index is 0.0307. The molecule has 2 aromatic rings. The number of amides is 2. The van der Waals surface area contributed by atoms with Crippen molar-refractivity contribution in [3.05, 3.63) is 58.7 Å². The van der Waals surface area contributed by atoms with Crippen LogP contribution in [0.5, 0.6) is 0 Å². The molecule has 2 fully saturated rings. The number of benzene rings is 2. The second-order valence-corrected chi connectivity index (χ2v) is 9.03. The van der Waals surface area contributed by atoms with Gasteiger partial charge in [0.05, 0.1) is 16.7 Å². The summed E-state index contributed by atoms with van der Waals surface area (Å²) in [5.41, 5.74) is -2.80. The lowest BCUT2D eigenvalue weighted by Crippen LogP contribution is -2.36. The third kappa shape index (κ3) is 5.76. The number of rotatable bonds is 4. The molecule has 5 nitrogen and oxygen atoms in total. The molecule has 194 valence electrons. The van der Waals surface area contributed by atoms with Crippen molar-refractivity contribution in [2.24, 2.45) is 0 Å². The zero-order valence-electron chi connectivity index (χ0n) is 19.3. The van der Waals surface area contributed by atoms with E-state index in [1.165, 1.54) is 12.1 Å². The Labute approximate surface area is 204 Å². The zero-order valence-corrected chi connectivity index (χ0v) is 19.3. The summed E-state index contributed by atoms with van der Waals surface area (Å²) in [7, 11) is 0. The average molecular weight is 513 g/mol. The Bertz CT molecular complexity index is 1100. The molecule has 0 radical (unpaired) electrons. The van der Waals surface area contributed by atoms with E-state index in [2.05, 4.69) is 10.2 Å². The van der Waals surface area contributed by atoms with Crippen LogP contribution < -0.4 is 10.2 Å². The highest BCUT2D eigenvalue weighted by Gasteiger charge is 2.37. The van der Waals surface area contributed by atoms with Crippen molar-refractivity contribution in [2.45, 2.75) is 44.5 Å². The van der Waals surface area contributed by atoms with Gasteiger partial charge in [-0.05, 0) is 68.5 Å². The zero-order chi connectivity index (χ0) is 26.1. The van der Waals surface area contributed by atoms with Crippen LogP contribution in [0.25, 0.3) is 0 Å². The molecule has 0 saturated carbocycles. The molecule has 0 aromatic heterocycles. The number of likely N-dealkylation sites (tertiary alicyclic amines) is 1. The topological polar surface area (TPSA) is 52.7 Å². The average Bonchev–Trinajstić information content (AvgIpc) is 3.37. The number of hydrogen-bond donors (Lipinski definition) is 1. The van der Waals surface area contributed by atoms with Crippen LogP contribution in [0, 0.1) is 0 Å². The van der Waals surface area contributed by atoms with Gasteiger partial charge in [0.25, 0.3) is 11.8 Å². The van der Waals surface area contributed by atoms with Crippen LogP contribution in [0.2, 0.25) is 0 Å². The van der Waals surface area contributed by atoms with Crippen LogP contribution in [0.4, 0.5) is 37.7 Å². The maximum absolute atomic E-state index is 13.3. The highest BCUT2D eigenvalue weighted by Crippen LogP contribution is 2.37. The van der Waals surface area contributed by atoms with Gasteiger partial charge in [-0.15, -0.1) is 0 Å². The number of hydrogen-bond acceptors (Lipinski definition) is 3. The molecular weight excluding hydrogens is 488 g/mol. The molecule has 2 aliphatic heterocycles. The summed E-state index contributed by atoms with van der Waals surface area (Å²) in [6, 6.07) is 5.33. The molecule has 36 heavy (non-hydrogen) atoms. The summed E-state index contributed by atoms with van der Waals surface area (Å²) in [6.07, 6.45) is -5.43. The van der Waals surface area contributed by atoms with Crippen LogP contribution in [-0.2, 0) is 12.4 Å². The Morgan fingerprint density at radius 1 is 0.722 bits per heavy atom. The van der Waals surface area contributed by atoms with E-state index in [4.69, 9.17) is 0 Å². The fraction of sp³-hybridized carbons (Fsp3) is 0.440. The molecule has 4 rings (SSSR count). The van der Waals surface area contributed by atoms with Gasteiger partial charge < -0.3 is 15.1 Å². The summed E-state index contributed by atoms with van der Waals surface area (Å²) in [5, 5.41) is 2.37. The number of piperidine rings is 1. The molecule has 0 aliphatic carbocycles. The SMILES string of the molecule is O=C(Nc1ccc(N2CCCC2)c(C(=O)N2CCCCC2)c1)c1cc(C(F)(F)F)cc(C(F)(F)F)c1. The van der Waals surface area contributed by atoms with E-state index in [1.54, 1.807) is 11.0 Å². The van der Waals surface area contributed by atoms with Crippen molar-refractivity contribution in [1.82, 2.24) is 4.90 Å². The van der Waals surface area contributed by atoms with Crippen molar-refractivity contribution >= 4 is 23.2 Å². The van der Waals surface area contributed by atoms with Gasteiger partial charge in [0.2, 0.25) is 0 Å². The Balaban J connectivity index is 1.66. The number of halogens is 6. The summed E-state index contributed by atoms with van der Waals surface area (Å²) in [6.45, 7) is 2.71. The van der Waals surface area contributed by atoms with Crippen LogP contribution in [0.3, 0.4) is 0 Å². The molecule has 0 spiro atoms. The van der Waals surface area contributed by atoms with Crippen LogP contribution in [0.15, 0.2) is 36.4 Å². The molecule has 2 aliphatic rings. The lowest BCUT2D eigenvalue weighted by Gasteiger charge is -2.29. The number of alkyl halides is 6. The predicted molar refractivity (Wildman–Crippen MR) is 122 cm³/mol. The second kappa shape index (κ2) is 10.0. The van der Waals surface area contributed by atoms with Gasteiger partial charge in [0, 0.05) is 43.1 Å². The standard InChI is InChI=1S/C25H25F6N3O2/c26-24(27,28)17-12-16(13-18(14-17)25(29,30)31)22(35)32-19-6-7-21(33-8-4-5-9-33)20(15-19)23(36)34-10-2-1-3-11-34/h6-7,12-15H,1-5,8-11H2,(H,32,35). The molecule has 2 saturated heterocycles. The Hall–Kier alpha value is -3.24. The van der Waals surface area contributed by atoms with Crippen molar-refractivity contribution in [2.75, 3.05) is 36.4 Å². The van der Waals surface area contributed by atoms with Gasteiger partial charge in [-0.2, -0.15) is 26.3 Å². The monoisotopic (exact) mass is 513 g/mol. The summed E-state index contributed by atoms with van der Waals surface area (Å²) < 4.78 is 79.1. The molecule has 1 N–H and O–H groups in total. The van der Waals surface area contributed by atoms with E-state index in [0.717, 1.165) is 45.2 Å². The van der Waals surface area contributed by atoms with E-state index >= 15 is 0 Å². The van der Waals surface area contributed by atoms with Crippen molar-refractivity contribution in [3.8, 4) is 0 Å². The lowest BCUT2D eigenvalue weighted by molar-refractivity contribution is -0.143. The van der Waals surface area contributed by atoms with E-state index in [1.807, 2.05) is 0 Å². The number of nitrogens with one attached hydrogen (secondary N) is 1. The first-order valence-electron chi connectivity index (χ1n) is 11.7. The summed E-state index contributed by atoms with van der Waals surface area (Å²) in [5.74, 6) is -1.36. The number of carbonyl (C=O) groups excluding carboxylic acids is 2. The van der Waals surface area contributed by atoms with Gasteiger partial charge in [0.1, 0.15) is 0 Å². The minimum Gasteiger partial charge on any atom is -0.371 e. The largest absolute Gasteiger partial charge is 0.416 e. The normalized spacial score (nSPS) is 16.8. The number of carbonyl (C=O) groups is 2. The highest BCUT2D eigenvalue weighted by molar-refractivity contribution is 6.06. The van der Waals surface area contributed by atoms with Crippen molar-refractivity contribution in [3.63, 3.8) is 0 Å². The van der Waals surface area contributed by atoms with Crippen LogP contribution in [-0.4, -0.2) is 42.9 Å². The first kappa shape index (κ1) is 25.8. The molecule has 0 atom stereocenters. The third-order valence-corrected chi connectivity index (χ3v) is 6.42. The van der Waals surface area contributed by atoms with Gasteiger partial charge >= 0.3 is 12.4 Å². The quantitative estimate of drug-likeness (QED) is 0.495. The molecule has 0 bridgehead atoms. The summed E-state index contributed by atoms with van der Waals surface area (Å²) in [4.78, 5) is 29.9. The molecule has 11 heteroatoms. The van der Waals surface area contributed by atoms with E-state index < -0.39 is 35.0 Å². The second-order valence-electron chi connectivity index (χ2n) is 9.03. The van der Waals surface area contributed by atoms with Gasteiger partial charge in [-0.1, -0.05) is 0 Å². The van der Waals surface area contributed by atoms with Crippen LogP contribution in [0.1, 0.15) is 63.9 Å². The summed E-state index contributed by atoms with van der Waals surface area (Å²) >= 11 is 0. The first-order chi connectivity index (χ1) is 16.9. The van der Waals surface area contributed by atoms with E-state index in [-0.39, 0.29) is 17.7 Å². The smallest absolute Gasteiger partial charge is 0.371 e. The van der Waals surface area contributed by atoms with Gasteiger partial charge in [-0.3, -0.25) is 9.59 Å². The van der Waals surface area contributed by atoms with E-state index in [9.17, 15) is 35.9 Å². The number of anilines is 2. The molecular formula is C25H25F6N3O2. The van der Waals surface area contributed by atoms with Crippen molar-refractivity contribution in [1.29, 1.82) is 0 Å². The molecule has 2 amide bonds. The number of nitrogens with zero attached hydrogens (tertiary/aromatic N) is 2. The Kier molecular flexibility index (Phi) is 7.19. The van der Waals surface area contributed by atoms with Crippen LogP contribution >= 0.6 is 0 Å². The molecule has 2 aromatic carbocycles.